The molecule has 0 aliphatic carbocycles. The molecule has 0 unspecified atom stereocenters. The van der Waals surface area contributed by atoms with E-state index >= 15 is 0 Å². The minimum atomic E-state index is -0.103. The zero-order chi connectivity index (χ0) is 19.7. The molecule has 0 bridgehead atoms. The second-order valence-electron chi connectivity index (χ2n) is 7.45. The highest BCUT2D eigenvalue weighted by molar-refractivity contribution is 7.17. The van der Waals surface area contributed by atoms with Crippen LogP contribution in [0.4, 0.5) is 0 Å². The van der Waals surface area contributed by atoms with Gasteiger partial charge in [0.25, 0.3) is 11.1 Å². The van der Waals surface area contributed by atoms with Crippen LogP contribution in [0.3, 0.4) is 0 Å². The Morgan fingerprint density at radius 3 is 1.50 bits per heavy atom. The van der Waals surface area contributed by atoms with E-state index in [1.54, 1.807) is 20.9 Å². The first-order valence-electron chi connectivity index (χ1n) is 9.34. The van der Waals surface area contributed by atoms with E-state index in [1.807, 2.05) is 35.0 Å². The number of nitrogens with zero attached hydrogens (tertiary/aromatic N) is 4. The van der Waals surface area contributed by atoms with Gasteiger partial charge in [0.2, 0.25) is 0 Å². The van der Waals surface area contributed by atoms with Gasteiger partial charge in [0.1, 0.15) is 32.0 Å². The zero-order valence-corrected chi connectivity index (χ0v) is 16.7. The van der Waals surface area contributed by atoms with E-state index in [2.05, 4.69) is 0 Å². The predicted molar refractivity (Wildman–Crippen MR) is 122 cm³/mol. The minimum Gasteiger partial charge on any atom is -0.268 e. The number of thiophene rings is 2. The molecule has 0 saturated heterocycles. The molecule has 0 N–H and O–H groups in total. The van der Waals surface area contributed by atoms with Gasteiger partial charge in [0.05, 0.1) is 0 Å². The molecule has 0 amide bonds. The van der Waals surface area contributed by atoms with Gasteiger partial charge in [-0.2, -0.15) is 0 Å². The number of hydrogen-bond acceptors (Lipinski definition) is 6. The van der Waals surface area contributed by atoms with Gasteiger partial charge in [0, 0.05) is 32.3 Å². The molecule has 0 saturated carbocycles. The van der Waals surface area contributed by atoms with E-state index in [9.17, 15) is 9.59 Å². The molecular formula is C22H8N4O2S2. The van der Waals surface area contributed by atoms with Crippen LogP contribution in [0.5, 0.6) is 0 Å². The predicted octanol–water partition coefficient (Wildman–Crippen LogP) is 4.47. The van der Waals surface area contributed by atoms with Crippen LogP contribution in [0.2, 0.25) is 0 Å². The third kappa shape index (κ3) is 1.50. The number of hydrogen-bond donors (Lipinski definition) is 0. The van der Waals surface area contributed by atoms with E-state index in [-0.39, 0.29) is 11.1 Å². The van der Waals surface area contributed by atoms with Gasteiger partial charge in [-0.3, -0.25) is 9.59 Å². The summed E-state index contributed by atoms with van der Waals surface area (Å²) in [6.07, 6.45) is 0. The number of aromatic nitrogens is 4. The molecule has 0 aliphatic rings. The molecule has 0 aliphatic heterocycles. The van der Waals surface area contributed by atoms with Crippen molar-refractivity contribution in [3.05, 3.63) is 67.9 Å². The Bertz CT molecular complexity index is 1960. The van der Waals surface area contributed by atoms with E-state index in [1.165, 1.54) is 22.7 Å². The van der Waals surface area contributed by atoms with Crippen LogP contribution in [0.1, 0.15) is 0 Å². The van der Waals surface area contributed by atoms with Crippen LogP contribution in [0.15, 0.2) is 56.7 Å². The summed E-state index contributed by atoms with van der Waals surface area (Å²) in [4.78, 5) is 38.1. The maximum Gasteiger partial charge on any atom is 0.265 e. The molecular weight excluding hydrogens is 416 g/mol. The second kappa shape index (κ2) is 4.75. The Labute approximate surface area is 173 Å². The maximum absolute atomic E-state index is 13.4. The highest BCUT2D eigenvalue weighted by atomic mass is 32.1. The first-order chi connectivity index (χ1) is 14.7. The van der Waals surface area contributed by atoms with Crippen molar-refractivity contribution in [3.63, 3.8) is 0 Å². The van der Waals surface area contributed by atoms with Crippen LogP contribution < -0.4 is 11.1 Å². The van der Waals surface area contributed by atoms with Crippen molar-refractivity contribution in [1.29, 1.82) is 0 Å². The fraction of sp³-hybridized carbons (Fsp3) is 0. The van der Waals surface area contributed by atoms with Crippen molar-refractivity contribution in [2.24, 2.45) is 0 Å². The van der Waals surface area contributed by atoms with Crippen molar-refractivity contribution >= 4 is 87.0 Å². The lowest BCUT2D eigenvalue weighted by molar-refractivity contribution is 1.19. The summed E-state index contributed by atoms with van der Waals surface area (Å²) in [5.41, 5.74) is 2.70. The number of pyridine rings is 2. The van der Waals surface area contributed by atoms with E-state index < -0.39 is 0 Å². The SMILES string of the molecule is O=c1c2ccc3c(=O)n4c(nc5ccsc54)c4ccc(c2c34)c2nc3ccsc3n12. The lowest BCUT2D eigenvalue weighted by Gasteiger charge is -2.11. The van der Waals surface area contributed by atoms with E-state index in [4.69, 9.17) is 9.97 Å². The Morgan fingerprint density at radius 2 is 1.03 bits per heavy atom. The molecule has 2 aromatic carbocycles. The topological polar surface area (TPSA) is 68.7 Å². The summed E-state index contributed by atoms with van der Waals surface area (Å²) >= 11 is 3.01. The molecule has 6 nitrogen and oxygen atoms in total. The van der Waals surface area contributed by atoms with Crippen molar-refractivity contribution in [3.8, 4) is 0 Å². The van der Waals surface area contributed by atoms with Crippen molar-refractivity contribution < 1.29 is 0 Å². The number of rotatable bonds is 0. The van der Waals surface area contributed by atoms with Gasteiger partial charge in [0.15, 0.2) is 0 Å². The maximum atomic E-state index is 13.4. The number of benzene rings is 2. The van der Waals surface area contributed by atoms with Gasteiger partial charge in [-0.25, -0.2) is 18.8 Å². The highest BCUT2D eigenvalue weighted by Crippen LogP contribution is 2.37. The number of imidazole rings is 2. The molecule has 8 rings (SSSR count). The first-order valence-corrected chi connectivity index (χ1v) is 11.1. The van der Waals surface area contributed by atoms with Crippen LogP contribution in [-0.4, -0.2) is 18.8 Å². The standard InChI is InChI=1S/C22H8N4O2S2/c27-19-11-3-4-12-16-10(18-24-14-6-8-30-22(14)26(18)20(12)28)2-1-9(15(11)16)17-23-13-5-7-29-21(13)25(17)19/h1-8H. The summed E-state index contributed by atoms with van der Waals surface area (Å²) in [6.45, 7) is 0. The quantitative estimate of drug-likeness (QED) is 0.337. The third-order valence-electron chi connectivity index (χ3n) is 6.04. The number of fused-ring (bicyclic) bond motifs is 8. The van der Waals surface area contributed by atoms with Crippen LogP contribution in [0, 0.1) is 0 Å². The average molecular weight is 424 g/mol. The van der Waals surface area contributed by atoms with Crippen LogP contribution >= 0.6 is 22.7 Å². The molecule has 6 heterocycles. The summed E-state index contributed by atoms with van der Waals surface area (Å²) in [6, 6.07) is 11.4. The van der Waals surface area contributed by atoms with Gasteiger partial charge in [-0.05, 0) is 47.2 Å². The Balaban J connectivity index is 1.76. The highest BCUT2D eigenvalue weighted by Gasteiger charge is 2.22. The molecule has 0 spiro atoms. The summed E-state index contributed by atoms with van der Waals surface area (Å²) in [5.74, 6) is 0. The molecule has 8 aromatic rings. The molecule has 140 valence electrons. The monoisotopic (exact) mass is 424 g/mol. The summed E-state index contributed by atoms with van der Waals surface area (Å²) in [5, 5.41) is 8.43. The van der Waals surface area contributed by atoms with E-state index in [0.717, 1.165) is 42.2 Å². The third-order valence-corrected chi connectivity index (χ3v) is 7.82. The van der Waals surface area contributed by atoms with E-state index in [0.29, 0.717) is 22.1 Å². The fourth-order valence-electron chi connectivity index (χ4n) is 4.82. The van der Waals surface area contributed by atoms with Crippen LogP contribution in [-0.2, 0) is 0 Å². The molecule has 30 heavy (non-hydrogen) atoms. The fourth-order valence-corrected chi connectivity index (χ4v) is 6.49. The zero-order valence-electron chi connectivity index (χ0n) is 15.0. The van der Waals surface area contributed by atoms with Gasteiger partial charge < -0.3 is 0 Å². The molecule has 0 fully saturated rings. The smallest absolute Gasteiger partial charge is 0.265 e. The van der Waals surface area contributed by atoms with Gasteiger partial charge in [-0.15, -0.1) is 22.7 Å². The molecule has 8 heteroatoms. The van der Waals surface area contributed by atoms with Crippen LogP contribution in [0.25, 0.3) is 64.3 Å². The second-order valence-corrected chi connectivity index (χ2v) is 9.23. The summed E-state index contributed by atoms with van der Waals surface area (Å²) in [7, 11) is 0. The average Bonchev–Trinajstić information content (AvgIpc) is 3.49. The van der Waals surface area contributed by atoms with Gasteiger partial charge >= 0.3 is 0 Å². The lowest BCUT2D eigenvalue weighted by atomic mass is 9.96. The molecule has 0 atom stereocenters. The lowest BCUT2D eigenvalue weighted by Crippen LogP contribution is -2.16. The Kier molecular flexibility index (Phi) is 2.41. The normalized spacial score (nSPS) is 12.9. The van der Waals surface area contributed by atoms with Crippen molar-refractivity contribution in [2.75, 3.05) is 0 Å². The first kappa shape index (κ1) is 15.3. The minimum absolute atomic E-state index is 0.103. The Hall–Kier alpha value is -3.62. The molecule has 0 radical (unpaired) electrons. The van der Waals surface area contributed by atoms with Crippen molar-refractivity contribution in [2.45, 2.75) is 0 Å². The van der Waals surface area contributed by atoms with Crippen molar-refractivity contribution in [1.82, 2.24) is 18.8 Å². The molecule has 6 aromatic heterocycles. The largest absolute Gasteiger partial charge is 0.268 e. The van der Waals surface area contributed by atoms with Gasteiger partial charge in [-0.1, -0.05) is 0 Å². The Morgan fingerprint density at radius 1 is 0.600 bits per heavy atom. The summed E-state index contributed by atoms with van der Waals surface area (Å²) < 4.78 is 3.39.